The fraction of sp³-hybridized carbons (Fsp3) is 0.667. The van der Waals surface area contributed by atoms with Gasteiger partial charge in [0.15, 0.2) is 0 Å². The van der Waals surface area contributed by atoms with Crippen LogP contribution in [0.25, 0.3) is 0 Å². The number of nitrogens with zero attached hydrogens (tertiary/aromatic N) is 6. The largest absolute Gasteiger partial charge is 0.361 e. The van der Waals surface area contributed by atoms with Crippen LogP contribution in [0.1, 0.15) is 35.9 Å². The van der Waals surface area contributed by atoms with Crippen LogP contribution in [0.15, 0.2) is 16.8 Å². The minimum Gasteiger partial charge on any atom is -0.361 e. The fourth-order valence-electron chi connectivity index (χ4n) is 2.99. The lowest BCUT2D eigenvalue weighted by Crippen LogP contribution is -2.45. The number of rotatable bonds is 5. The predicted octanol–water partition coefficient (Wildman–Crippen LogP) is 0.998. The standard InChI is InChI=1S/C15H22N6O/c1-19-9-14(16-18-19)11-21-6-4-20(5-7-21)10-13-8-15(22-17-13)12-2-3-12/h8-9,12H,2-7,10-11H2,1H3. The van der Waals surface area contributed by atoms with Crippen molar-refractivity contribution in [1.29, 1.82) is 0 Å². The van der Waals surface area contributed by atoms with Gasteiger partial charge in [-0.25, -0.2) is 0 Å². The lowest BCUT2D eigenvalue weighted by Gasteiger charge is -2.33. The summed E-state index contributed by atoms with van der Waals surface area (Å²) in [4.78, 5) is 4.88. The Kier molecular flexibility index (Phi) is 3.67. The summed E-state index contributed by atoms with van der Waals surface area (Å²) in [5.41, 5.74) is 2.12. The highest BCUT2D eigenvalue weighted by Gasteiger charge is 2.28. The highest BCUT2D eigenvalue weighted by molar-refractivity contribution is 5.14. The number of hydrogen-bond acceptors (Lipinski definition) is 6. The molecule has 7 nitrogen and oxygen atoms in total. The molecule has 2 fully saturated rings. The van der Waals surface area contributed by atoms with E-state index >= 15 is 0 Å². The molecule has 1 saturated carbocycles. The maximum absolute atomic E-state index is 5.43. The Labute approximate surface area is 129 Å². The van der Waals surface area contributed by atoms with Gasteiger partial charge in [0.25, 0.3) is 0 Å². The molecule has 0 aromatic carbocycles. The van der Waals surface area contributed by atoms with Gasteiger partial charge in [-0.15, -0.1) is 5.10 Å². The molecular weight excluding hydrogens is 280 g/mol. The molecule has 1 saturated heterocycles. The van der Waals surface area contributed by atoms with Gasteiger partial charge < -0.3 is 4.52 Å². The summed E-state index contributed by atoms with van der Waals surface area (Å²) in [6, 6.07) is 2.14. The summed E-state index contributed by atoms with van der Waals surface area (Å²) in [7, 11) is 1.91. The molecule has 2 aliphatic rings. The Bertz CT molecular complexity index is 624. The molecule has 118 valence electrons. The summed E-state index contributed by atoms with van der Waals surface area (Å²) in [5, 5.41) is 12.4. The van der Waals surface area contributed by atoms with Crippen molar-refractivity contribution in [3.05, 3.63) is 29.4 Å². The molecule has 0 amide bonds. The molecular formula is C15H22N6O. The maximum Gasteiger partial charge on any atom is 0.140 e. The monoisotopic (exact) mass is 302 g/mol. The molecule has 3 heterocycles. The number of aromatic nitrogens is 4. The van der Waals surface area contributed by atoms with Crippen LogP contribution in [0.2, 0.25) is 0 Å². The van der Waals surface area contributed by atoms with Gasteiger partial charge in [-0.1, -0.05) is 10.4 Å². The quantitative estimate of drug-likeness (QED) is 0.821. The summed E-state index contributed by atoms with van der Waals surface area (Å²) >= 11 is 0. The van der Waals surface area contributed by atoms with E-state index in [-0.39, 0.29) is 0 Å². The Morgan fingerprint density at radius 3 is 2.36 bits per heavy atom. The average molecular weight is 302 g/mol. The molecule has 0 N–H and O–H groups in total. The van der Waals surface area contributed by atoms with Crippen molar-refractivity contribution >= 4 is 0 Å². The van der Waals surface area contributed by atoms with Gasteiger partial charge in [0, 0.05) is 64.5 Å². The van der Waals surface area contributed by atoms with Crippen molar-refractivity contribution in [2.75, 3.05) is 26.2 Å². The molecule has 1 aliphatic heterocycles. The zero-order chi connectivity index (χ0) is 14.9. The molecule has 4 rings (SSSR count). The number of piperazine rings is 1. The molecule has 0 unspecified atom stereocenters. The lowest BCUT2D eigenvalue weighted by molar-refractivity contribution is 0.119. The van der Waals surface area contributed by atoms with E-state index in [0.29, 0.717) is 5.92 Å². The van der Waals surface area contributed by atoms with Gasteiger partial charge in [0.1, 0.15) is 5.76 Å². The smallest absolute Gasteiger partial charge is 0.140 e. The lowest BCUT2D eigenvalue weighted by atomic mass is 10.2. The van der Waals surface area contributed by atoms with Crippen molar-refractivity contribution in [2.45, 2.75) is 31.8 Å². The molecule has 0 atom stereocenters. The second-order valence-corrected chi connectivity index (χ2v) is 6.43. The molecule has 7 heteroatoms. The third-order valence-electron chi connectivity index (χ3n) is 4.44. The Balaban J connectivity index is 1.26. The van der Waals surface area contributed by atoms with E-state index in [2.05, 4.69) is 31.3 Å². The molecule has 2 aromatic heterocycles. The van der Waals surface area contributed by atoms with Crippen LogP contribution in [0.3, 0.4) is 0 Å². The van der Waals surface area contributed by atoms with Crippen LogP contribution >= 0.6 is 0 Å². The van der Waals surface area contributed by atoms with E-state index < -0.39 is 0 Å². The highest BCUT2D eigenvalue weighted by atomic mass is 16.5. The van der Waals surface area contributed by atoms with E-state index in [1.807, 2.05) is 13.2 Å². The normalized spacial score (nSPS) is 20.6. The van der Waals surface area contributed by atoms with E-state index in [1.165, 1.54) is 12.8 Å². The summed E-state index contributed by atoms with van der Waals surface area (Å²) in [6.07, 6.45) is 4.51. The average Bonchev–Trinajstić information content (AvgIpc) is 3.14. The zero-order valence-electron chi connectivity index (χ0n) is 13.0. The third-order valence-corrected chi connectivity index (χ3v) is 4.44. The predicted molar refractivity (Wildman–Crippen MR) is 80.0 cm³/mol. The van der Waals surface area contributed by atoms with Crippen molar-refractivity contribution in [1.82, 2.24) is 30.0 Å². The van der Waals surface area contributed by atoms with Gasteiger partial charge in [-0.2, -0.15) is 0 Å². The summed E-state index contributed by atoms with van der Waals surface area (Å²) in [5.74, 6) is 1.72. The van der Waals surface area contributed by atoms with Gasteiger partial charge in [0.05, 0.1) is 11.4 Å². The number of aryl methyl sites for hydroxylation is 1. The van der Waals surface area contributed by atoms with E-state index in [1.54, 1.807) is 4.68 Å². The van der Waals surface area contributed by atoms with Crippen LogP contribution < -0.4 is 0 Å². The number of hydrogen-bond donors (Lipinski definition) is 0. The van der Waals surface area contributed by atoms with E-state index in [4.69, 9.17) is 4.52 Å². The minimum atomic E-state index is 0.644. The van der Waals surface area contributed by atoms with E-state index in [0.717, 1.165) is 56.4 Å². The molecule has 0 spiro atoms. The highest BCUT2D eigenvalue weighted by Crippen LogP contribution is 2.40. The first-order valence-electron chi connectivity index (χ1n) is 8.01. The van der Waals surface area contributed by atoms with Crippen molar-refractivity contribution in [3.8, 4) is 0 Å². The van der Waals surface area contributed by atoms with Crippen LogP contribution in [-0.4, -0.2) is 56.1 Å². The first-order valence-corrected chi connectivity index (χ1v) is 8.01. The van der Waals surface area contributed by atoms with Crippen LogP contribution in [-0.2, 0) is 20.1 Å². The Morgan fingerprint density at radius 2 is 1.77 bits per heavy atom. The van der Waals surface area contributed by atoms with E-state index in [9.17, 15) is 0 Å². The first-order chi connectivity index (χ1) is 10.8. The summed E-state index contributed by atoms with van der Waals surface area (Å²) in [6.45, 7) is 6.03. The first kappa shape index (κ1) is 13.9. The fourth-order valence-corrected chi connectivity index (χ4v) is 2.99. The molecule has 22 heavy (non-hydrogen) atoms. The molecule has 1 aliphatic carbocycles. The van der Waals surface area contributed by atoms with Gasteiger partial charge >= 0.3 is 0 Å². The van der Waals surface area contributed by atoms with Crippen LogP contribution in [0, 0.1) is 0 Å². The van der Waals surface area contributed by atoms with Gasteiger partial charge in [-0.3, -0.25) is 14.5 Å². The molecule has 0 radical (unpaired) electrons. The topological polar surface area (TPSA) is 63.2 Å². The third kappa shape index (κ3) is 3.20. The van der Waals surface area contributed by atoms with Crippen molar-refractivity contribution < 1.29 is 4.52 Å². The Hall–Kier alpha value is -1.73. The van der Waals surface area contributed by atoms with Crippen LogP contribution in [0.5, 0.6) is 0 Å². The second-order valence-electron chi connectivity index (χ2n) is 6.43. The minimum absolute atomic E-state index is 0.644. The van der Waals surface area contributed by atoms with Crippen LogP contribution in [0.4, 0.5) is 0 Å². The SMILES string of the molecule is Cn1cc(CN2CCN(Cc3cc(C4CC4)on3)CC2)nn1. The second kappa shape index (κ2) is 5.81. The van der Waals surface area contributed by atoms with Gasteiger partial charge in [-0.05, 0) is 12.8 Å². The van der Waals surface area contributed by atoms with Crippen molar-refractivity contribution in [3.63, 3.8) is 0 Å². The summed E-state index contributed by atoms with van der Waals surface area (Å²) < 4.78 is 7.19. The van der Waals surface area contributed by atoms with Gasteiger partial charge in [0.2, 0.25) is 0 Å². The maximum atomic E-state index is 5.43. The molecule has 0 bridgehead atoms. The molecule has 2 aromatic rings. The Morgan fingerprint density at radius 1 is 1.09 bits per heavy atom. The van der Waals surface area contributed by atoms with Crippen molar-refractivity contribution in [2.24, 2.45) is 7.05 Å². The zero-order valence-corrected chi connectivity index (χ0v) is 13.0.